The summed E-state index contributed by atoms with van der Waals surface area (Å²) in [6.07, 6.45) is 2.13. The minimum atomic E-state index is -0.782. The standard InChI is InChI=1S/C14H14O3S/c15-14(16)13(9-11-5-2-1-3-6-11)18-10-12-7-4-8-17-12/h1-8,13H,9-10H2,(H,15,16). The van der Waals surface area contributed by atoms with Crippen LogP contribution in [0, 0.1) is 0 Å². The zero-order valence-electron chi connectivity index (χ0n) is 9.78. The van der Waals surface area contributed by atoms with Gasteiger partial charge in [-0.1, -0.05) is 30.3 Å². The highest BCUT2D eigenvalue weighted by atomic mass is 32.2. The lowest BCUT2D eigenvalue weighted by Gasteiger charge is -2.11. The maximum absolute atomic E-state index is 11.2. The number of thioether (sulfide) groups is 1. The molecule has 0 amide bonds. The van der Waals surface area contributed by atoms with Crippen molar-refractivity contribution in [1.82, 2.24) is 0 Å². The number of hydrogen-bond acceptors (Lipinski definition) is 3. The fourth-order valence-electron chi connectivity index (χ4n) is 1.62. The molecule has 1 aromatic carbocycles. The summed E-state index contributed by atoms with van der Waals surface area (Å²) in [7, 11) is 0. The van der Waals surface area contributed by atoms with Gasteiger partial charge in [0, 0.05) is 0 Å². The van der Waals surface area contributed by atoms with Crippen molar-refractivity contribution in [3.05, 3.63) is 60.1 Å². The van der Waals surface area contributed by atoms with Gasteiger partial charge in [-0.2, -0.15) is 0 Å². The van der Waals surface area contributed by atoms with Crippen LogP contribution in [0.25, 0.3) is 0 Å². The molecule has 0 fully saturated rings. The summed E-state index contributed by atoms with van der Waals surface area (Å²) in [6, 6.07) is 13.3. The Kier molecular flexibility index (Phi) is 4.47. The van der Waals surface area contributed by atoms with Crippen LogP contribution in [-0.2, 0) is 17.0 Å². The number of hydrogen-bond donors (Lipinski definition) is 1. The minimum Gasteiger partial charge on any atom is -0.480 e. The van der Waals surface area contributed by atoms with Crippen LogP contribution >= 0.6 is 11.8 Å². The SMILES string of the molecule is O=C(O)C(Cc1ccccc1)SCc1ccco1. The number of carboxylic acids is 1. The number of furan rings is 1. The second-order valence-corrected chi connectivity index (χ2v) is 5.10. The first-order valence-electron chi connectivity index (χ1n) is 5.66. The fourth-order valence-corrected chi connectivity index (χ4v) is 2.61. The van der Waals surface area contributed by atoms with Crippen LogP contribution in [0.5, 0.6) is 0 Å². The third-order valence-electron chi connectivity index (χ3n) is 2.55. The third-order valence-corrected chi connectivity index (χ3v) is 3.77. The Bertz CT molecular complexity index is 479. The van der Waals surface area contributed by atoms with Gasteiger partial charge in [-0.3, -0.25) is 4.79 Å². The summed E-state index contributed by atoms with van der Waals surface area (Å²) in [5, 5.41) is 8.76. The van der Waals surface area contributed by atoms with E-state index in [1.807, 2.05) is 42.5 Å². The molecule has 1 N–H and O–H groups in total. The third kappa shape index (κ3) is 3.67. The zero-order chi connectivity index (χ0) is 12.8. The molecule has 18 heavy (non-hydrogen) atoms. The van der Waals surface area contributed by atoms with Crippen molar-refractivity contribution in [1.29, 1.82) is 0 Å². The molecule has 3 nitrogen and oxygen atoms in total. The molecule has 0 aliphatic heterocycles. The molecular weight excluding hydrogens is 248 g/mol. The van der Waals surface area contributed by atoms with Crippen LogP contribution in [0.2, 0.25) is 0 Å². The van der Waals surface area contributed by atoms with Crippen molar-refractivity contribution in [2.45, 2.75) is 17.4 Å². The monoisotopic (exact) mass is 262 g/mol. The van der Waals surface area contributed by atoms with Gasteiger partial charge < -0.3 is 9.52 Å². The van der Waals surface area contributed by atoms with E-state index in [2.05, 4.69) is 0 Å². The summed E-state index contributed by atoms with van der Waals surface area (Å²) in [5.41, 5.74) is 1.04. The van der Waals surface area contributed by atoms with Gasteiger partial charge in [0.25, 0.3) is 0 Å². The lowest BCUT2D eigenvalue weighted by Crippen LogP contribution is -2.19. The topological polar surface area (TPSA) is 50.4 Å². The summed E-state index contributed by atoms with van der Waals surface area (Å²) < 4.78 is 5.20. The van der Waals surface area contributed by atoms with Gasteiger partial charge in [-0.05, 0) is 24.1 Å². The van der Waals surface area contributed by atoms with Crippen molar-refractivity contribution in [2.75, 3.05) is 0 Å². The maximum atomic E-state index is 11.2. The summed E-state index contributed by atoms with van der Waals surface area (Å²) in [4.78, 5) is 11.2. The number of carbonyl (C=O) groups is 1. The molecule has 1 unspecified atom stereocenters. The van der Waals surface area contributed by atoms with Crippen LogP contribution < -0.4 is 0 Å². The maximum Gasteiger partial charge on any atom is 0.316 e. The second kappa shape index (κ2) is 6.31. The minimum absolute atomic E-state index is 0.447. The molecule has 0 aliphatic rings. The largest absolute Gasteiger partial charge is 0.480 e. The molecule has 0 saturated heterocycles. The Morgan fingerprint density at radius 3 is 2.61 bits per heavy atom. The van der Waals surface area contributed by atoms with Crippen LogP contribution in [0.4, 0.5) is 0 Å². The zero-order valence-corrected chi connectivity index (χ0v) is 10.6. The molecule has 0 radical (unpaired) electrons. The molecule has 0 saturated carbocycles. The van der Waals surface area contributed by atoms with Crippen molar-refractivity contribution < 1.29 is 14.3 Å². The second-order valence-electron chi connectivity index (χ2n) is 3.91. The molecule has 1 atom stereocenters. The Labute approximate surface area is 110 Å². The van der Waals surface area contributed by atoms with E-state index in [1.54, 1.807) is 6.26 Å². The lowest BCUT2D eigenvalue weighted by molar-refractivity contribution is -0.136. The van der Waals surface area contributed by atoms with Crippen molar-refractivity contribution >= 4 is 17.7 Å². The highest BCUT2D eigenvalue weighted by molar-refractivity contribution is 7.99. The summed E-state index contributed by atoms with van der Waals surface area (Å²) in [6.45, 7) is 0. The van der Waals surface area contributed by atoms with Crippen LogP contribution in [0.1, 0.15) is 11.3 Å². The Balaban J connectivity index is 1.94. The molecule has 0 bridgehead atoms. The molecule has 0 spiro atoms. The van der Waals surface area contributed by atoms with Crippen LogP contribution in [0.3, 0.4) is 0 Å². The first kappa shape index (κ1) is 12.8. The number of carboxylic acid groups (broad SMARTS) is 1. The predicted octanol–water partition coefficient (Wildman–Crippen LogP) is 3.21. The van der Waals surface area contributed by atoms with Crippen LogP contribution in [-0.4, -0.2) is 16.3 Å². The molecule has 2 aromatic rings. The Morgan fingerprint density at radius 2 is 2.00 bits per heavy atom. The van der Waals surface area contributed by atoms with Gasteiger partial charge in [0.15, 0.2) is 0 Å². The molecule has 4 heteroatoms. The van der Waals surface area contributed by atoms with Gasteiger partial charge >= 0.3 is 5.97 Å². The molecule has 0 aliphatic carbocycles. The molecule has 2 rings (SSSR count). The lowest BCUT2D eigenvalue weighted by atomic mass is 10.1. The van der Waals surface area contributed by atoms with E-state index in [9.17, 15) is 9.90 Å². The van der Waals surface area contributed by atoms with E-state index in [0.29, 0.717) is 12.2 Å². The van der Waals surface area contributed by atoms with Gasteiger partial charge in [0.1, 0.15) is 11.0 Å². The smallest absolute Gasteiger partial charge is 0.316 e. The average molecular weight is 262 g/mol. The van der Waals surface area contributed by atoms with Gasteiger partial charge in [-0.15, -0.1) is 11.8 Å². The van der Waals surface area contributed by atoms with Crippen molar-refractivity contribution in [2.24, 2.45) is 0 Å². The summed E-state index contributed by atoms with van der Waals surface area (Å²) in [5.74, 6) is 0.603. The van der Waals surface area contributed by atoms with Crippen LogP contribution in [0.15, 0.2) is 53.1 Å². The Hall–Kier alpha value is -1.68. The quantitative estimate of drug-likeness (QED) is 0.868. The highest BCUT2D eigenvalue weighted by Crippen LogP contribution is 2.21. The van der Waals surface area contributed by atoms with Crippen molar-refractivity contribution in [3.8, 4) is 0 Å². The number of benzene rings is 1. The van der Waals surface area contributed by atoms with Gasteiger partial charge in [-0.25, -0.2) is 0 Å². The van der Waals surface area contributed by atoms with E-state index in [1.165, 1.54) is 11.8 Å². The first-order chi connectivity index (χ1) is 8.75. The van der Waals surface area contributed by atoms with E-state index < -0.39 is 11.2 Å². The number of rotatable bonds is 6. The van der Waals surface area contributed by atoms with Gasteiger partial charge in [0.2, 0.25) is 0 Å². The van der Waals surface area contributed by atoms with E-state index in [4.69, 9.17) is 4.42 Å². The predicted molar refractivity (Wildman–Crippen MR) is 71.6 cm³/mol. The number of aliphatic carboxylic acids is 1. The van der Waals surface area contributed by atoms with Gasteiger partial charge in [0.05, 0.1) is 12.0 Å². The highest BCUT2D eigenvalue weighted by Gasteiger charge is 2.18. The normalized spacial score (nSPS) is 12.2. The van der Waals surface area contributed by atoms with E-state index >= 15 is 0 Å². The molecule has 1 heterocycles. The molecular formula is C14H14O3S. The van der Waals surface area contributed by atoms with E-state index in [0.717, 1.165) is 11.3 Å². The molecule has 94 valence electrons. The molecule has 1 aromatic heterocycles. The van der Waals surface area contributed by atoms with E-state index in [-0.39, 0.29) is 0 Å². The van der Waals surface area contributed by atoms with Crippen molar-refractivity contribution in [3.63, 3.8) is 0 Å². The fraction of sp³-hybridized carbons (Fsp3) is 0.214. The first-order valence-corrected chi connectivity index (χ1v) is 6.71. The Morgan fingerprint density at radius 1 is 1.22 bits per heavy atom. The average Bonchev–Trinajstić information content (AvgIpc) is 2.88. The summed E-state index contributed by atoms with van der Waals surface area (Å²) >= 11 is 1.39.